The summed E-state index contributed by atoms with van der Waals surface area (Å²) in [4.78, 5) is 48.0. The Morgan fingerprint density at radius 1 is 1.15 bits per heavy atom. The van der Waals surface area contributed by atoms with E-state index >= 15 is 0 Å². The van der Waals surface area contributed by atoms with Gasteiger partial charge in [-0.05, 0) is 32.4 Å². The predicted octanol–water partition coefficient (Wildman–Crippen LogP) is 2.51. The molecule has 2 heterocycles. The van der Waals surface area contributed by atoms with Crippen molar-refractivity contribution < 1.29 is 23.6 Å². The van der Waals surface area contributed by atoms with Gasteiger partial charge in [-0.2, -0.15) is 5.01 Å². The standard InChI is InChI=1S/C19H19N3O5/c1-4-19(3)17(25)22(18(26)20-19)21-16(24)15-10-9-14(27-15)13-7-5-12(6-8-13)11(2)23/h5-10H,4H2,1-3H3,(H,20,26)(H,21,24)/t19-/m1/s1. The fraction of sp³-hybridized carbons (Fsp3) is 0.263. The number of ketones is 1. The van der Waals surface area contributed by atoms with E-state index in [1.54, 1.807) is 44.2 Å². The van der Waals surface area contributed by atoms with Crippen LogP contribution in [0.4, 0.5) is 4.79 Å². The summed E-state index contributed by atoms with van der Waals surface area (Å²) in [6, 6.07) is 9.10. The van der Waals surface area contributed by atoms with Gasteiger partial charge in [0.25, 0.3) is 5.91 Å². The van der Waals surface area contributed by atoms with E-state index in [1.807, 2.05) is 0 Å². The normalized spacial score (nSPS) is 19.1. The smallest absolute Gasteiger partial charge is 0.344 e. The lowest BCUT2D eigenvalue weighted by molar-refractivity contribution is -0.132. The number of Topliss-reactive ketones (excluding diaryl/α,β-unsaturated/α-hetero) is 1. The van der Waals surface area contributed by atoms with Gasteiger partial charge in [-0.15, -0.1) is 0 Å². The Bertz CT molecular complexity index is 931. The van der Waals surface area contributed by atoms with Crippen LogP contribution in [0.3, 0.4) is 0 Å². The first-order chi connectivity index (χ1) is 12.7. The maximum Gasteiger partial charge on any atom is 0.344 e. The van der Waals surface area contributed by atoms with Gasteiger partial charge in [-0.3, -0.25) is 14.4 Å². The Hall–Kier alpha value is -3.42. The summed E-state index contributed by atoms with van der Waals surface area (Å²) in [7, 11) is 0. The number of amides is 4. The molecular weight excluding hydrogens is 350 g/mol. The van der Waals surface area contributed by atoms with Gasteiger partial charge in [0.05, 0.1) is 0 Å². The molecule has 1 aliphatic heterocycles. The molecule has 0 spiro atoms. The summed E-state index contributed by atoms with van der Waals surface area (Å²) in [5.41, 5.74) is 2.48. The molecule has 0 unspecified atom stereocenters. The molecule has 1 aromatic heterocycles. The molecule has 1 fully saturated rings. The van der Waals surface area contributed by atoms with Gasteiger partial charge < -0.3 is 9.73 Å². The third-order valence-corrected chi connectivity index (χ3v) is 4.59. The van der Waals surface area contributed by atoms with Crippen molar-refractivity contribution in [1.29, 1.82) is 0 Å². The van der Waals surface area contributed by atoms with Crippen LogP contribution in [0.25, 0.3) is 11.3 Å². The van der Waals surface area contributed by atoms with Crippen molar-refractivity contribution in [3.63, 3.8) is 0 Å². The first-order valence-electron chi connectivity index (χ1n) is 8.44. The SMILES string of the molecule is CC[C@@]1(C)NC(=O)N(NC(=O)c2ccc(-c3ccc(C(C)=O)cc3)o2)C1=O. The number of rotatable bonds is 5. The molecule has 4 amide bonds. The first kappa shape index (κ1) is 18.4. The van der Waals surface area contributed by atoms with E-state index in [-0.39, 0.29) is 11.5 Å². The molecule has 2 N–H and O–H groups in total. The average Bonchev–Trinajstić information content (AvgIpc) is 3.22. The van der Waals surface area contributed by atoms with Crippen LogP contribution in [0.5, 0.6) is 0 Å². The van der Waals surface area contributed by atoms with Gasteiger partial charge >= 0.3 is 11.9 Å². The van der Waals surface area contributed by atoms with Crippen molar-refractivity contribution in [2.45, 2.75) is 32.7 Å². The first-order valence-corrected chi connectivity index (χ1v) is 8.44. The van der Waals surface area contributed by atoms with Crippen LogP contribution >= 0.6 is 0 Å². The zero-order valence-corrected chi connectivity index (χ0v) is 15.2. The predicted molar refractivity (Wildman–Crippen MR) is 95.7 cm³/mol. The molecule has 3 rings (SSSR count). The summed E-state index contributed by atoms with van der Waals surface area (Å²) in [5.74, 6) is -0.925. The lowest BCUT2D eigenvalue weighted by atomic mass is 10.00. The topological polar surface area (TPSA) is 109 Å². The molecule has 140 valence electrons. The van der Waals surface area contributed by atoms with Crippen molar-refractivity contribution in [2.24, 2.45) is 0 Å². The number of nitrogens with one attached hydrogen (secondary N) is 2. The molecule has 8 nitrogen and oxygen atoms in total. The third kappa shape index (κ3) is 3.33. The van der Waals surface area contributed by atoms with Gasteiger partial charge in [-0.25, -0.2) is 10.2 Å². The Morgan fingerprint density at radius 3 is 2.37 bits per heavy atom. The van der Waals surface area contributed by atoms with Crippen molar-refractivity contribution in [2.75, 3.05) is 0 Å². The Kier molecular flexibility index (Phi) is 4.57. The highest BCUT2D eigenvalue weighted by atomic mass is 16.4. The summed E-state index contributed by atoms with van der Waals surface area (Å²) in [5, 5.41) is 3.21. The molecule has 1 aliphatic rings. The second-order valence-corrected chi connectivity index (χ2v) is 6.49. The van der Waals surface area contributed by atoms with E-state index in [1.165, 1.54) is 13.0 Å². The number of benzene rings is 1. The molecule has 8 heteroatoms. The van der Waals surface area contributed by atoms with E-state index < -0.39 is 23.4 Å². The maximum absolute atomic E-state index is 12.4. The number of carbonyl (C=O) groups excluding carboxylic acids is 4. The van der Waals surface area contributed by atoms with Crippen LogP contribution in [0.15, 0.2) is 40.8 Å². The fourth-order valence-corrected chi connectivity index (χ4v) is 2.67. The minimum Gasteiger partial charge on any atom is -0.451 e. The summed E-state index contributed by atoms with van der Waals surface area (Å²) >= 11 is 0. The fourth-order valence-electron chi connectivity index (χ4n) is 2.67. The van der Waals surface area contributed by atoms with Crippen LogP contribution in [-0.2, 0) is 4.79 Å². The lowest BCUT2D eigenvalue weighted by Gasteiger charge is -2.18. The molecule has 0 aliphatic carbocycles. The summed E-state index contributed by atoms with van der Waals surface area (Å²) < 4.78 is 5.52. The van der Waals surface area contributed by atoms with Gasteiger partial charge in [0.1, 0.15) is 11.3 Å². The molecular formula is C19H19N3O5. The van der Waals surface area contributed by atoms with Gasteiger partial charge in [0.15, 0.2) is 11.5 Å². The second-order valence-electron chi connectivity index (χ2n) is 6.49. The molecule has 0 radical (unpaired) electrons. The van der Waals surface area contributed by atoms with E-state index in [0.717, 1.165) is 0 Å². The van der Waals surface area contributed by atoms with E-state index in [2.05, 4.69) is 10.7 Å². The Labute approximate surface area is 155 Å². The minimum absolute atomic E-state index is 0.0475. The number of furan rings is 1. The molecule has 2 aromatic rings. The van der Waals surface area contributed by atoms with Crippen LogP contribution in [0, 0.1) is 0 Å². The lowest BCUT2D eigenvalue weighted by Crippen LogP contribution is -2.48. The van der Waals surface area contributed by atoms with Crippen molar-refractivity contribution in [1.82, 2.24) is 15.8 Å². The summed E-state index contributed by atoms with van der Waals surface area (Å²) in [6.07, 6.45) is 0.394. The number of nitrogens with zero attached hydrogens (tertiary/aromatic N) is 1. The van der Waals surface area contributed by atoms with Crippen LogP contribution < -0.4 is 10.7 Å². The number of urea groups is 1. The van der Waals surface area contributed by atoms with E-state index in [4.69, 9.17) is 4.42 Å². The Morgan fingerprint density at radius 2 is 1.81 bits per heavy atom. The zero-order valence-electron chi connectivity index (χ0n) is 15.2. The molecule has 1 saturated heterocycles. The summed E-state index contributed by atoms with van der Waals surface area (Å²) in [6.45, 7) is 4.83. The molecule has 0 saturated carbocycles. The largest absolute Gasteiger partial charge is 0.451 e. The van der Waals surface area contributed by atoms with Gasteiger partial charge in [0.2, 0.25) is 0 Å². The van der Waals surface area contributed by atoms with Gasteiger partial charge in [0, 0.05) is 11.1 Å². The molecule has 27 heavy (non-hydrogen) atoms. The number of carbonyl (C=O) groups is 4. The van der Waals surface area contributed by atoms with Crippen LogP contribution in [0.2, 0.25) is 0 Å². The van der Waals surface area contributed by atoms with Crippen molar-refractivity contribution in [3.05, 3.63) is 47.7 Å². The monoisotopic (exact) mass is 369 g/mol. The average molecular weight is 369 g/mol. The van der Waals surface area contributed by atoms with Crippen molar-refractivity contribution in [3.8, 4) is 11.3 Å². The maximum atomic E-state index is 12.4. The highest BCUT2D eigenvalue weighted by molar-refractivity contribution is 6.08. The number of imide groups is 1. The minimum atomic E-state index is -1.04. The highest BCUT2D eigenvalue weighted by Crippen LogP contribution is 2.24. The van der Waals surface area contributed by atoms with Gasteiger partial charge in [-0.1, -0.05) is 31.2 Å². The number of hydrazine groups is 1. The third-order valence-electron chi connectivity index (χ3n) is 4.59. The van der Waals surface area contributed by atoms with Crippen LogP contribution in [0.1, 0.15) is 48.1 Å². The molecule has 1 aromatic carbocycles. The molecule has 1 atom stereocenters. The Balaban J connectivity index is 1.75. The van der Waals surface area contributed by atoms with Crippen molar-refractivity contribution >= 4 is 23.6 Å². The number of hydrogen-bond donors (Lipinski definition) is 2. The number of hydrogen-bond acceptors (Lipinski definition) is 5. The van der Waals surface area contributed by atoms with Crippen LogP contribution in [-0.4, -0.2) is 34.2 Å². The molecule has 0 bridgehead atoms. The quantitative estimate of drug-likeness (QED) is 0.622. The van der Waals surface area contributed by atoms with E-state index in [9.17, 15) is 19.2 Å². The zero-order chi connectivity index (χ0) is 19.8. The second kappa shape index (κ2) is 6.71. The van der Waals surface area contributed by atoms with E-state index in [0.29, 0.717) is 28.3 Å². The highest BCUT2D eigenvalue weighted by Gasteiger charge is 2.47.